The minimum atomic E-state index is 0.975. The van der Waals surface area contributed by atoms with Gasteiger partial charge in [-0.2, -0.15) is 0 Å². The Kier molecular flexibility index (Phi) is 4.33. The van der Waals surface area contributed by atoms with Gasteiger partial charge >= 0.3 is 0 Å². The number of para-hydroxylation sites is 2. The van der Waals surface area contributed by atoms with Gasteiger partial charge in [-0.3, -0.25) is 4.98 Å². The quantitative estimate of drug-likeness (QED) is 0.213. The van der Waals surface area contributed by atoms with Gasteiger partial charge in [-0.1, -0.05) is 78.9 Å². The van der Waals surface area contributed by atoms with Crippen molar-refractivity contribution in [1.29, 1.82) is 0 Å². The number of hydrogen-bond acceptors (Lipinski definition) is 1. The van der Waals surface area contributed by atoms with Crippen molar-refractivity contribution in [3.05, 3.63) is 140 Å². The minimum Gasteiger partial charge on any atom is -0.309 e. The molecule has 0 radical (unpaired) electrons. The first-order valence-electron chi connectivity index (χ1n) is 13.6. The van der Waals surface area contributed by atoms with Crippen molar-refractivity contribution in [3.8, 4) is 16.9 Å². The highest BCUT2D eigenvalue weighted by Crippen LogP contribution is 2.40. The van der Waals surface area contributed by atoms with Crippen LogP contribution in [0.4, 0.5) is 0 Å². The average Bonchev–Trinajstić information content (AvgIpc) is 3.57. The molecule has 0 fully saturated rings. The monoisotopic (exact) mass is 509 g/mol. The summed E-state index contributed by atoms with van der Waals surface area (Å²) >= 11 is 0. The van der Waals surface area contributed by atoms with E-state index in [1.165, 1.54) is 59.9 Å². The number of benzene rings is 5. The lowest BCUT2D eigenvalue weighted by molar-refractivity contribution is 1.18. The summed E-state index contributed by atoms with van der Waals surface area (Å²) in [5, 5.41) is 7.55. The zero-order chi connectivity index (χ0) is 26.2. The summed E-state index contributed by atoms with van der Waals surface area (Å²) in [6.07, 6.45) is 1.85. The Morgan fingerprint density at radius 2 is 1.10 bits per heavy atom. The van der Waals surface area contributed by atoms with Crippen LogP contribution in [-0.4, -0.2) is 14.0 Å². The highest BCUT2D eigenvalue weighted by atomic mass is 15.0. The van der Waals surface area contributed by atoms with Gasteiger partial charge in [0.2, 0.25) is 0 Å². The fourth-order valence-electron chi connectivity index (χ4n) is 6.57. The summed E-state index contributed by atoms with van der Waals surface area (Å²) in [6.45, 7) is 0. The SMILES string of the molecule is c1ccc(-c2cccc(-n3c4ccccc4c4cc5c(cc43)c3ccccc3c3cc4ccccc4n35)c2)nc1. The van der Waals surface area contributed by atoms with E-state index in [1.54, 1.807) is 0 Å². The van der Waals surface area contributed by atoms with E-state index >= 15 is 0 Å². The summed E-state index contributed by atoms with van der Waals surface area (Å²) in [5.41, 5.74) is 9.32. The third-order valence-corrected chi connectivity index (χ3v) is 8.30. The lowest BCUT2D eigenvalue weighted by Crippen LogP contribution is -1.96. The Morgan fingerprint density at radius 3 is 1.95 bits per heavy atom. The number of pyridine rings is 2. The predicted molar refractivity (Wildman–Crippen MR) is 167 cm³/mol. The molecule has 0 amide bonds. The first-order chi connectivity index (χ1) is 19.8. The highest BCUT2D eigenvalue weighted by Gasteiger charge is 2.18. The maximum atomic E-state index is 4.61. The van der Waals surface area contributed by atoms with Crippen molar-refractivity contribution >= 4 is 59.9 Å². The van der Waals surface area contributed by atoms with Crippen molar-refractivity contribution < 1.29 is 0 Å². The van der Waals surface area contributed by atoms with E-state index in [0.29, 0.717) is 0 Å². The van der Waals surface area contributed by atoms with Crippen molar-refractivity contribution in [3.63, 3.8) is 0 Å². The summed E-state index contributed by atoms with van der Waals surface area (Å²) in [4.78, 5) is 4.61. The molecule has 0 aliphatic heterocycles. The largest absolute Gasteiger partial charge is 0.309 e. The summed E-state index contributed by atoms with van der Waals surface area (Å²) in [5.74, 6) is 0. The molecule has 0 saturated carbocycles. The molecule has 0 atom stereocenters. The van der Waals surface area contributed by atoms with Gasteiger partial charge in [0.25, 0.3) is 0 Å². The second-order valence-corrected chi connectivity index (χ2v) is 10.5. The van der Waals surface area contributed by atoms with Crippen LogP contribution in [0.5, 0.6) is 0 Å². The molecule has 9 aromatic rings. The molecule has 0 aliphatic carbocycles. The normalized spacial score (nSPS) is 12.0. The second kappa shape index (κ2) is 8.05. The van der Waals surface area contributed by atoms with E-state index < -0.39 is 0 Å². The number of nitrogens with zero attached hydrogens (tertiary/aromatic N) is 3. The van der Waals surface area contributed by atoms with Gasteiger partial charge in [0.15, 0.2) is 0 Å². The van der Waals surface area contributed by atoms with E-state index in [-0.39, 0.29) is 0 Å². The molecular weight excluding hydrogens is 486 g/mol. The van der Waals surface area contributed by atoms with E-state index in [0.717, 1.165) is 16.9 Å². The second-order valence-electron chi connectivity index (χ2n) is 10.5. The average molecular weight is 510 g/mol. The molecule has 4 heterocycles. The molecule has 0 N–H and O–H groups in total. The predicted octanol–water partition coefficient (Wildman–Crippen LogP) is 9.56. The molecule has 0 spiro atoms. The van der Waals surface area contributed by atoms with Crippen molar-refractivity contribution in [1.82, 2.24) is 14.0 Å². The molecule has 0 unspecified atom stereocenters. The van der Waals surface area contributed by atoms with Crippen molar-refractivity contribution in [2.45, 2.75) is 0 Å². The molecule has 3 heteroatoms. The third kappa shape index (κ3) is 2.92. The lowest BCUT2D eigenvalue weighted by atomic mass is 10.0. The molecule has 0 aliphatic rings. The van der Waals surface area contributed by atoms with Crippen LogP contribution in [0.1, 0.15) is 0 Å². The molecule has 3 nitrogen and oxygen atoms in total. The van der Waals surface area contributed by atoms with Crippen LogP contribution in [0.3, 0.4) is 0 Å². The zero-order valence-electron chi connectivity index (χ0n) is 21.6. The summed E-state index contributed by atoms with van der Waals surface area (Å²) in [6, 6.07) is 48.1. The Bertz CT molecular complexity index is 2430. The van der Waals surface area contributed by atoms with Gasteiger partial charge < -0.3 is 8.97 Å². The van der Waals surface area contributed by atoms with Gasteiger partial charge in [-0.15, -0.1) is 0 Å². The molecule has 186 valence electrons. The van der Waals surface area contributed by atoms with Crippen LogP contribution in [-0.2, 0) is 0 Å². The van der Waals surface area contributed by atoms with Gasteiger partial charge in [0, 0.05) is 44.4 Å². The molecule has 40 heavy (non-hydrogen) atoms. The fraction of sp³-hybridized carbons (Fsp3) is 0. The van der Waals surface area contributed by atoms with Crippen molar-refractivity contribution in [2.24, 2.45) is 0 Å². The van der Waals surface area contributed by atoms with Crippen LogP contribution < -0.4 is 0 Å². The standard InChI is InChI=1S/C37H23N3/c1-5-17-33-25(10-1)21-35-28-14-3-2-13-27(28)30-22-36-31(23-37(30)40(33)35)29-15-4-6-18-34(29)39(36)26-12-9-11-24(20-26)32-16-7-8-19-38-32/h1-23H. The first-order valence-corrected chi connectivity index (χ1v) is 13.6. The van der Waals surface area contributed by atoms with Crippen molar-refractivity contribution in [2.75, 3.05) is 0 Å². The zero-order valence-corrected chi connectivity index (χ0v) is 21.6. The number of hydrogen-bond donors (Lipinski definition) is 0. The first kappa shape index (κ1) is 21.5. The Hall–Kier alpha value is -5.41. The van der Waals surface area contributed by atoms with Gasteiger partial charge in [-0.25, -0.2) is 0 Å². The maximum absolute atomic E-state index is 4.61. The molecule has 0 saturated heterocycles. The van der Waals surface area contributed by atoms with Crippen LogP contribution >= 0.6 is 0 Å². The molecule has 5 aromatic carbocycles. The molecule has 4 aromatic heterocycles. The molecular formula is C37H23N3. The highest BCUT2D eigenvalue weighted by molar-refractivity contribution is 6.21. The van der Waals surface area contributed by atoms with Gasteiger partial charge in [0.05, 0.1) is 33.3 Å². The van der Waals surface area contributed by atoms with Crippen LogP contribution in [0.2, 0.25) is 0 Å². The minimum absolute atomic E-state index is 0.975. The van der Waals surface area contributed by atoms with E-state index in [4.69, 9.17) is 0 Å². The van der Waals surface area contributed by atoms with E-state index in [9.17, 15) is 0 Å². The Morgan fingerprint density at radius 1 is 0.425 bits per heavy atom. The van der Waals surface area contributed by atoms with E-state index in [1.807, 2.05) is 18.3 Å². The molecule has 0 bridgehead atoms. The lowest BCUT2D eigenvalue weighted by Gasteiger charge is -2.13. The Labute approximate surface area is 230 Å². The van der Waals surface area contributed by atoms with Crippen LogP contribution in [0.25, 0.3) is 76.8 Å². The van der Waals surface area contributed by atoms with Crippen LogP contribution in [0.15, 0.2) is 140 Å². The van der Waals surface area contributed by atoms with E-state index in [2.05, 4.69) is 135 Å². The number of rotatable bonds is 2. The van der Waals surface area contributed by atoms with Gasteiger partial charge in [0.1, 0.15) is 0 Å². The fourth-order valence-corrected chi connectivity index (χ4v) is 6.57. The summed E-state index contributed by atoms with van der Waals surface area (Å²) in [7, 11) is 0. The smallest absolute Gasteiger partial charge is 0.0702 e. The number of fused-ring (bicyclic) bond motifs is 11. The van der Waals surface area contributed by atoms with Gasteiger partial charge in [-0.05, 0) is 60.0 Å². The topological polar surface area (TPSA) is 22.2 Å². The maximum Gasteiger partial charge on any atom is 0.0702 e. The Balaban J connectivity index is 1.46. The molecule has 9 rings (SSSR count). The summed E-state index contributed by atoms with van der Waals surface area (Å²) < 4.78 is 4.85. The van der Waals surface area contributed by atoms with Crippen LogP contribution in [0, 0.1) is 0 Å². The third-order valence-electron chi connectivity index (χ3n) is 8.30. The number of aromatic nitrogens is 3.